The van der Waals surface area contributed by atoms with E-state index in [9.17, 15) is 0 Å². The van der Waals surface area contributed by atoms with Gasteiger partial charge in [-0.25, -0.2) is 0 Å². The molecule has 82 valence electrons. The Bertz CT molecular complexity index is 303. The number of likely N-dealkylation sites (N-methyl/N-ethyl adjacent to an activating group) is 1. The normalized spacial score (nSPS) is 18.5. The molecule has 0 spiro atoms. The van der Waals surface area contributed by atoms with Gasteiger partial charge in [-0.2, -0.15) is 0 Å². The summed E-state index contributed by atoms with van der Waals surface area (Å²) in [6, 6.07) is 8.34. The molecule has 1 aliphatic carbocycles. The lowest BCUT2D eigenvalue weighted by atomic mass is 9.73. The van der Waals surface area contributed by atoms with Crippen LogP contribution in [0.4, 0.5) is 0 Å². The summed E-state index contributed by atoms with van der Waals surface area (Å²) in [7, 11) is 2.03. The number of halogens is 1. The molecule has 1 atom stereocenters. The van der Waals surface area contributed by atoms with E-state index in [1.54, 1.807) is 0 Å². The van der Waals surface area contributed by atoms with E-state index >= 15 is 0 Å². The molecular formula is C13H18ClN. The smallest absolute Gasteiger partial charge is 0.0406 e. The Labute approximate surface area is 96.8 Å². The fraction of sp³-hybridized carbons (Fsp3) is 0.538. The molecule has 1 aromatic carbocycles. The highest BCUT2D eigenvalue weighted by Gasteiger charge is 2.27. The van der Waals surface area contributed by atoms with E-state index in [0.29, 0.717) is 5.92 Å². The predicted molar refractivity (Wildman–Crippen MR) is 65.5 cm³/mol. The number of hydrogen-bond acceptors (Lipinski definition) is 1. The average Bonchev–Trinajstić information content (AvgIpc) is 2.16. The molecule has 2 rings (SSSR count). The van der Waals surface area contributed by atoms with E-state index in [1.807, 2.05) is 19.2 Å². The van der Waals surface area contributed by atoms with Crippen LogP contribution in [0.5, 0.6) is 0 Å². The molecule has 15 heavy (non-hydrogen) atoms. The molecule has 1 N–H and O–H groups in total. The molecule has 0 amide bonds. The maximum Gasteiger partial charge on any atom is 0.0406 e. The lowest BCUT2D eigenvalue weighted by molar-refractivity contribution is 0.257. The second-order valence-electron chi connectivity index (χ2n) is 4.41. The minimum Gasteiger partial charge on any atom is -0.319 e. The summed E-state index contributed by atoms with van der Waals surface area (Å²) in [6.07, 6.45) is 4.17. The van der Waals surface area contributed by atoms with Crippen LogP contribution in [0, 0.1) is 5.92 Å². The van der Waals surface area contributed by atoms with Gasteiger partial charge in [-0.3, -0.25) is 0 Å². The van der Waals surface area contributed by atoms with E-state index in [2.05, 4.69) is 17.4 Å². The lowest BCUT2D eigenvalue weighted by Crippen LogP contribution is -2.28. The maximum atomic E-state index is 5.91. The Kier molecular flexibility index (Phi) is 3.66. The standard InChI is InChI=1S/C13H18ClN/c1-15-9-13(10-3-2-4-10)11-5-7-12(14)8-6-11/h5-8,10,13,15H,2-4,9H2,1H3. The van der Waals surface area contributed by atoms with Gasteiger partial charge in [-0.05, 0) is 49.4 Å². The summed E-state index contributed by atoms with van der Waals surface area (Å²) in [6.45, 7) is 1.08. The number of rotatable bonds is 4. The fourth-order valence-electron chi connectivity index (χ4n) is 2.33. The maximum absolute atomic E-state index is 5.91. The monoisotopic (exact) mass is 223 g/mol. The van der Waals surface area contributed by atoms with Crippen LogP contribution >= 0.6 is 11.6 Å². The van der Waals surface area contributed by atoms with Gasteiger partial charge in [0.2, 0.25) is 0 Å². The van der Waals surface area contributed by atoms with Crippen LogP contribution in [0.2, 0.25) is 5.02 Å². The van der Waals surface area contributed by atoms with Crippen molar-refractivity contribution in [3.8, 4) is 0 Å². The van der Waals surface area contributed by atoms with Crippen molar-refractivity contribution in [3.05, 3.63) is 34.9 Å². The van der Waals surface area contributed by atoms with Gasteiger partial charge in [-0.1, -0.05) is 30.2 Å². The van der Waals surface area contributed by atoms with Crippen LogP contribution in [0.3, 0.4) is 0 Å². The highest BCUT2D eigenvalue weighted by Crippen LogP contribution is 2.39. The van der Waals surface area contributed by atoms with Gasteiger partial charge in [0.1, 0.15) is 0 Å². The van der Waals surface area contributed by atoms with Gasteiger partial charge in [-0.15, -0.1) is 0 Å². The van der Waals surface area contributed by atoms with Crippen molar-refractivity contribution in [2.75, 3.05) is 13.6 Å². The molecule has 1 unspecified atom stereocenters. The number of nitrogens with one attached hydrogen (secondary N) is 1. The number of benzene rings is 1. The van der Waals surface area contributed by atoms with Crippen molar-refractivity contribution >= 4 is 11.6 Å². The Morgan fingerprint density at radius 2 is 2.00 bits per heavy atom. The molecule has 1 aliphatic rings. The zero-order valence-corrected chi connectivity index (χ0v) is 9.93. The summed E-state index contributed by atoms with van der Waals surface area (Å²) < 4.78 is 0. The van der Waals surface area contributed by atoms with Gasteiger partial charge < -0.3 is 5.32 Å². The second kappa shape index (κ2) is 5.00. The SMILES string of the molecule is CNCC(c1ccc(Cl)cc1)C1CCC1. The fourth-order valence-corrected chi connectivity index (χ4v) is 2.45. The van der Waals surface area contributed by atoms with E-state index < -0.39 is 0 Å². The minimum absolute atomic E-state index is 0.668. The van der Waals surface area contributed by atoms with E-state index in [-0.39, 0.29) is 0 Å². The molecular weight excluding hydrogens is 206 g/mol. The number of hydrogen-bond donors (Lipinski definition) is 1. The van der Waals surface area contributed by atoms with Gasteiger partial charge in [0.15, 0.2) is 0 Å². The van der Waals surface area contributed by atoms with Crippen molar-refractivity contribution < 1.29 is 0 Å². The molecule has 1 fully saturated rings. The van der Waals surface area contributed by atoms with Crippen molar-refractivity contribution in [1.82, 2.24) is 5.32 Å². The zero-order valence-electron chi connectivity index (χ0n) is 9.17. The van der Waals surface area contributed by atoms with Crippen LogP contribution in [-0.2, 0) is 0 Å². The Morgan fingerprint density at radius 3 is 2.47 bits per heavy atom. The quantitative estimate of drug-likeness (QED) is 0.825. The van der Waals surface area contributed by atoms with E-state index in [4.69, 9.17) is 11.6 Å². The molecule has 0 aromatic heterocycles. The first-order valence-corrected chi connectivity index (χ1v) is 6.09. The van der Waals surface area contributed by atoms with Crippen molar-refractivity contribution in [3.63, 3.8) is 0 Å². The van der Waals surface area contributed by atoms with E-state index in [0.717, 1.165) is 17.5 Å². The van der Waals surface area contributed by atoms with Crippen molar-refractivity contribution in [2.45, 2.75) is 25.2 Å². The molecule has 0 saturated heterocycles. The van der Waals surface area contributed by atoms with Gasteiger partial charge >= 0.3 is 0 Å². The largest absolute Gasteiger partial charge is 0.319 e. The molecule has 1 aromatic rings. The first-order chi connectivity index (χ1) is 7.31. The molecule has 1 nitrogen and oxygen atoms in total. The molecule has 0 aliphatic heterocycles. The first-order valence-electron chi connectivity index (χ1n) is 5.71. The third-order valence-corrected chi connectivity index (χ3v) is 3.69. The van der Waals surface area contributed by atoms with Crippen molar-refractivity contribution in [1.29, 1.82) is 0 Å². The summed E-state index contributed by atoms with van der Waals surface area (Å²) in [5, 5.41) is 4.13. The highest BCUT2D eigenvalue weighted by atomic mass is 35.5. The van der Waals surface area contributed by atoms with Gasteiger partial charge in [0.25, 0.3) is 0 Å². The molecule has 0 heterocycles. The van der Waals surface area contributed by atoms with Crippen LogP contribution in [-0.4, -0.2) is 13.6 Å². The highest BCUT2D eigenvalue weighted by molar-refractivity contribution is 6.30. The van der Waals surface area contributed by atoms with E-state index in [1.165, 1.54) is 24.8 Å². The van der Waals surface area contributed by atoms with Crippen molar-refractivity contribution in [2.24, 2.45) is 5.92 Å². The van der Waals surface area contributed by atoms with Gasteiger partial charge in [0, 0.05) is 11.6 Å². The molecule has 1 saturated carbocycles. The Morgan fingerprint density at radius 1 is 1.33 bits per heavy atom. The molecule has 0 bridgehead atoms. The summed E-state index contributed by atoms with van der Waals surface area (Å²) in [5.41, 5.74) is 1.43. The summed E-state index contributed by atoms with van der Waals surface area (Å²) in [5.74, 6) is 1.54. The third kappa shape index (κ3) is 2.53. The van der Waals surface area contributed by atoms with Gasteiger partial charge in [0.05, 0.1) is 0 Å². The Balaban J connectivity index is 2.12. The third-order valence-electron chi connectivity index (χ3n) is 3.44. The summed E-state index contributed by atoms with van der Waals surface area (Å²) >= 11 is 5.91. The Hall–Kier alpha value is -0.530. The van der Waals surface area contributed by atoms with Crippen LogP contribution < -0.4 is 5.32 Å². The minimum atomic E-state index is 0.668. The first kappa shape index (κ1) is 11.0. The zero-order chi connectivity index (χ0) is 10.7. The predicted octanol–water partition coefficient (Wildman–Crippen LogP) is 3.44. The second-order valence-corrected chi connectivity index (χ2v) is 4.84. The lowest BCUT2D eigenvalue weighted by Gasteiger charge is -2.34. The average molecular weight is 224 g/mol. The summed E-state index contributed by atoms with van der Waals surface area (Å²) in [4.78, 5) is 0. The molecule has 2 heteroatoms. The molecule has 0 radical (unpaired) electrons. The van der Waals surface area contributed by atoms with Crippen LogP contribution in [0.25, 0.3) is 0 Å². The topological polar surface area (TPSA) is 12.0 Å². The van der Waals surface area contributed by atoms with Crippen LogP contribution in [0.1, 0.15) is 30.7 Å². The van der Waals surface area contributed by atoms with Crippen LogP contribution in [0.15, 0.2) is 24.3 Å².